The van der Waals surface area contributed by atoms with Crippen molar-refractivity contribution in [2.24, 2.45) is 5.73 Å². The molecule has 0 saturated carbocycles. The van der Waals surface area contributed by atoms with Crippen LogP contribution in [0.2, 0.25) is 0 Å². The molecule has 9 heavy (non-hydrogen) atoms. The summed E-state index contributed by atoms with van der Waals surface area (Å²) >= 11 is 0. The fraction of sp³-hybridized carbons (Fsp3) is 1.00. The van der Waals surface area contributed by atoms with Crippen LogP contribution >= 0.6 is 0 Å². The van der Waals surface area contributed by atoms with Gasteiger partial charge in [0.15, 0.2) is 0 Å². The van der Waals surface area contributed by atoms with Crippen molar-refractivity contribution in [1.82, 2.24) is 0 Å². The number of hydrogen-bond acceptors (Lipinski definition) is 2. The maximum atomic E-state index is 5.90. The largest absolute Gasteiger partial charge is 0.381 e. The topological polar surface area (TPSA) is 35.2 Å². The fourth-order valence-electron chi connectivity index (χ4n) is 1.11. The zero-order chi connectivity index (χ0) is 6.74. The second-order valence-corrected chi connectivity index (χ2v) is 3.12. The number of hydrogen-bond donors (Lipinski definition) is 1. The minimum Gasteiger partial charge on any atom is -0.381 e. The van der Waals surface area contributed by atoms with E-state index in [1.807, 2.05) is 0 Å². The summed E-state index contributed by atoms with van der Waals surface area (Å²) in [4.78, 5) is 0. The molecule has 2 heteroatoms. The van der Waals surface area contributed by atoms with Gasteiger partial charge in [-0.3, -0.25) is 0 Å². The van der Waals surface area contributed by atoms with Crippen LogP contribution in [0.1, 0.15) is 26.2 Å². The van der Waals surface area contributed by atoms with Crippen molar-refractivity contribution in [1.29, 1.82) is 0 Å². The van der Waals surface area contributed by atoms with Crippen LogP contribution in [0.4, 0.5) is 0 Å². The van der Waals surface area contributed by atoms with Crippen LogP contribution in [0.25, 0.3) is 0 Å². The molecule has 0 aliphatic carbocycles. The molecular weight excluding hydrogens is 114 g/mol. The first-order valence-corrected chi connectivity index (χ1v) is 3.57. The van der Waals surface area contributed by atoms with Gasteiger partial charge in [-0.1, -0.05) is 0 Å². The maximum Gasteiger partial charge on any atom is 0.0483 e. The fourth-order valence-corrected chi connectivity index (χ4v) is 1.11. The van der Waals surface area contributed by atoms with Crippen molar-refractivity contribution in [2.45, 2.75) is 31.7 Å². The Labute approximate surface area is 56.4 Å². The van der Waals surface area contributed by atoms with E-state index in [1.165, 1.54) is 0 Å². The highest BCUT2D eigenvalue weighted by Crippen LogP contribution is 2.16. The zero-order valence-electron chi connectivity index (χ0n) is 6.02. The van der Waals surface area contributed by atoms with E-state index in [0.717, 1.165) is 32.5 Å². The van der Waals surface area contributed by atoms with Crippen LogP contribution in [0.15, 0.2) is 0 Å². The van der Waals surface area contributed by atoms with Crippen LogP contribution in [-0.4, -0.2) is 18.8 Å². The molecule has 2 N–H and O–H groups in total. The van der Waals surface area contributed by atoms with Crippen molar-refractivity contribution in [3.63, 3.8) is 0 Å². The summed E-state index contributed by atoms with van der Waals surface area (Å²) in [5, 5.41) is 0. The Bertz CT molecular complexity index is 80.9. The van der Waals surface area contributed by atoms with E-state index in [4.69, 9.17) is 10.5 Å². The lowest BCUT2D eigenvalue weighted by molar-refractivity contribution is 0.140. The van der Waals surface area contributed by atoms with Gasteiger partial charge in [0.2, 0.25) is 0 Å². The van der Waals surface area contributed by atoms with E-state index in [9.17, 15) is 0 Å². The van der Waals surface area contributed by atoms with E-state index >= 15 is 0 Å². The van der Waals surface area contributed by atoms with E-state index < -0.39 is 0 Å². The number of nitrogens with two attached hydrogens (primary N) is 1. The number of ether oxygens (including phenoxy) is 1. The molecular formula is C7H15NO. The van der Waals surface area contributed by atoms with Gasteiger partial charge in [-0.25, -0.2) is 0 Å². The van der Waals surface area contributed by atoms with Gasteiger partial charge < -0.3 is 10.5 Å². The second kappa shape index (κ2) is 2.67. The van der Waals surface area contributed by atoms with Crippen LogP contribution < -0.4 is 5.73 Å². The van der Waals surface area contributed by atoms with Gasteiger partial charge in [0, 0.05) is 18.8 Å². The molecule has 0 aromatic heterocycles. The van der Waals surface area contributed by atoms with Gasteiger partial charge in [-0.05, 0) is 26.2 Å². The van der Waals surface area contributed by atoms with Gasteiger partial charge in [-0.2, -0.15) is 0 Å². The third-order valence-corrected chi connectivity index (χ3v) is 1.85. The Kier molecular flexibility index (Phi) is 2.09. The van der Waals surface area contributed by atoms with Crippen molar-refractivity contribution in [3.05, 3.63) is 0 Å². The Morgan fingerprint density at radius 2 is 2.11 bits per heavy atom. The molecule has 1 saturated heterocycles. The molecule has 0 spiro atoms. The summed E-state index contributed by atoms with van der Waals surface area (Å²) in [5.74, 6) is 0. The first-order chi connectivity index (χ1) is 4.21. The molecule has 1 fully saturated rings. The van der Waals surface area contributed by atoms with Crippen molar-refractivity contribution < 1.29 is 4.74 Å². The molecule has 0 amide bonds. The molecule has 2 nitrogen and oxygen atoms in total. The molecule has 1 atom stereocenters. The molecule has 0 aromatic carbocycles. The molecule has 54 valence electrons. The molecule has 1 heterocycles. The molecule has 0 radical (unpaired) electrons. The summed E-state index contributed by atoms with van der Waals surface area (Å²) in [6, 6.07) is 0. The minimum absolute atomic E-state index is 0.0382. The lowest BCUT2D eigenvalue weighted by Gasteiger charge is -2.20. The first-order valence-electron chi connectivity index (χ1n) is 3.57. The lowest BCUT2D eigenvalue weighted by atomic mass is 9.95. The Balaban J connectivity index is 2.36. The predicted octanol–water partition coefficient (Wildman–Crippen LogP) is 0.904. The minimum atomic E-state index is 0.0382. The van der Waals surface area contributed by atoms with Gasteiger partial charge in [0.25, 0.3) is 0 Å². The molecule has 0 bridgehead atoms. The average molecular weight is 129 g/mol. The smallest absolute Gasteiger partial charge is 0.0483 e. The Hall–Kier alpha value is -0.0800. The summed E-state index contributed by atoms with van der Waals surface area (Å²) < 4.78 is 5.25. The van der Waals surface area contributed by atoms with Gasteiger partial charge in [0.05, 0.1) is 0 Å². The Morgan fingerprint density at radius 3 is 2.89 bits per heavy atom. The summed E-state index contributed by atoms with van der Waals surface area (Å²) in [6.45, 7) is 3.83. The predicted molar refractivity (Wildman–Crippen MR) is 37.3 cm³/mol. The zero-order valence-corrected chi connectivity index (χ0v) is 6.02. The van der Waals surface area contributed by atoms with Crippen molar-refractivity contribution in [3.8, 4) is 0 Å². The standard InChI is InChI=1S/C7H15NO/c1-7(8)3-2-5-9-6-4-7/h2-6,8H2,1H3/t7-/m0/s1. The normalized spacial score (nSPS) is 38.0. The van der Waals surface area contributed by atoms with E-state index in [0.29, 0.717) is 0 Å². The van der Waals surface area contributed by atoms with Crippen LogP contribution in [0.3, 0.4) is 0 Å². The average Bonchev–Trinajstić information content (AvgIpc) is 1.92. The highest BCUT2D eigenvalue weighted by Gasteiger charge is 2.19. The summed E-state index contributed by atoms with van der Waals surface area (Å²) in [7, 11) is 0. The van der Waals surface area contributed by atoms with Crippen LogP contribution in [-0.2, 0) is 4.74 Å². The van der Waals surface area contributed by atoms with Crippen molar-refractivity contribution in [2.75, 3.05) is 13.2 Å². The summed E-state index contributed by atoms with van der Waals surface area (Å²) in [5.41, 5.74) is 5.94. The van der Waals surface area contributed by atoms with Crippen LogP contribution in [0.5, 0.6) is 0 Å². The third-order valence-electron chi connectivity index (χ3n) is 1.85. The third kappa shape index (κ3) is 2.33. The van der Waals surface area contributed by atoms with E-state index in [2.05, 4.69) is 6.92 Å². The van der Waals surface area contributed by atoms with Gasteiger partial charge in [-0.15, -0.1) is 0 Å². The van der Waals surface area contributed by atoms with Crippen LogP contribution in [0, 0.1) is 0 Å². The highest BCUT2D eigenvalue weighted by atomic mass is 16.5. The number of rotatable bonds is 0. The second-order valence-electron chi connectivity index (χ2n) is 3.12. The van der Waals surface area contributed by atoms with Gasteiger partial charge >= 0.3 is 0 Å². The Morgan fingerprint density at radius 1 is 1.33 bits per heavy atom. The first kappa shape index (κ1) is 7.03. The van der Waals surface area contributed by atoms with Gasteiger partial charge in [0.1, 0.15) is 0 Å². The van der Waals surface area contributed by atoms with E-state index in [-0.39, 0.29) is 5.54 Å². The SMILES string of the molecule is C[C@]1(N)CCCOCC1. The summed E-state index contributed by atoms with van der Waals surface area (Å²) in [6.07, 6.45) is 3.23. The molecule has 1 rings (SSSR count). The van der Waals surface area contributed by atoms with Crippen molar-refractivity contribution >= 4 is 0 Å². The van der Waals surface area contributed by atoms with E-state index in [1.54, 1.807) is 0 Å². The molecule has 1 aliphatic heterocycles. The molecule has 0 aromatic rings. The highest BCUT2D eigenvalue weighted by molar-refractivity contribution is 4.79. The molecule has 1 aliphatic rings. The molecule has 0 unspecified atom stereocenters. The monoisotopic (exact) mass is 129 g/mol. The quantitative estimate of drug-likeness (QED) is 0.527. The maximum absolute atomic E-state index is 5.90. The lowest BCUT2D eigenvalue weighted by Crippen LogP contribution is -2.35.